The van der Waals surface area contributed by atoms with Crippen LogP contribution in [0.4, 0.5) is 0 Å². The number of benzene rings is 2. The van der Waals surface area contributed by atoms with Crippen LogP contribution >= 0.6 is 11.6 Å². The lowest BCUT2D eigenvalue weighted by Gasteiger charge is -2.35. The Morgan fingerprint density at radius 2 is 1.80 bits per heavy atom. The van der Waals surface area contributed by atoms with E-state index in [0.717, 1.165) is 11.1 Å². The van der Waals surface area contributed by atoms with Crippen LogP contribution in [0.1, 0.15) is 18.1 Å². The smallest absolute Gasteiger partial charge is 0.326 e. The molecule has 0 saturated heterocycles. The predicted molar refractivity (Wildman–Crippen MR) is 93.7 cm³/mol. The van der Waals surface area contributed by atoms with Crippen molar-refractivity contribution in [2.45, 2.75) is 32.0 Å². The molecule has 0 aliphatic carbocycles. The Bertz CT molecular complexity index is 808. The Morgan fingerprint density at radius 1 is 1.16 bits per heavy atom. The lowest BCUT2D eigenvalue weighted by Crippen LogP contribution is -2.52. The summed E-state index contributed by atoms with van der Waals surface area (Å²) in [6, 6.07) is 13.5. The molecule has 25 heavy (non-hydrogen) atoms. The molecule has 0 bridgehead atoms. The van der Waals surface area contributed by atoms with Crippen LogP contribution in [0.2, 0.25) is 5.02 Å². The molecular weight excluding hydrogens is 342 g/mol. The fourth-order valence-electron chi connectivity index (χ4n) is 2.99. The molecule has 2 aromatic carbocycles. The highest BCUT2D eigenvalue weighted by molar-refractivity contribution is 6.32. The van der Waals surface area contributed by atoms with Gasteiger partial charge in [0.15, 0.2) is 6.10 Å². The number of aliphatic carboxylic acids is 1. The molecule has 1 aliphatic heterocycles. The molecule has 130 valence electrons. The molecule has 0 fully saturated rings. The standard InChI is InChI=1S/C19H18ClNO4/c1-12(25-17-9-5-4-8-15(17)20)18(22)21-11-14-7-3-2-6-13(14)10-16(21)19(23)24/h2-9,12,16H,10-11H2,1H3,(H,23,24). The number of fused-ring (bicyclic) bond motifs is 1. The van der Waals surface area contributed by atoms with Gasteiger partial charge in [0.1, 0.15) is 11.8 Å². The van der Waals surface area contributed by atoms with E-state index in [2.05, 4.69) is 0 Å². The molecule has 2 aromatic rings. The summed E-state index contributed by atoms with van der Waals surface area (Å²) < 4.78 is 5.66. The van der Waals surface area contributed by atoms with Gasteiger partial charge in [-0.1, -0.05) is 48.0 Å². The molecule has 0 aromatic heterocycles. The Hall–Kier alpha value is -2.53. The van der Waals surface area contributed by atoms with Gasteiger partial charge in [0.05, 0.1) is 5.02 Å². The van der Waals surface area contributed by atoms with Crippen molar-refractivity contribution in [2.24, 2.45) is 0 Å². The van der Waals surface area contributed by atoms with Crippen molar-refractivity contribution in [3.8, 4) is 5.75 Å². The average Bonchev–Trinajstić information content (AvgIpc) is 2.61. The Balaban J connectivity index is 1.82. The first-order valence-electron chi connectivity index (χ1n) is 7.98. The summed E-state index contributed by atoms with van der Waals surface area (Å²) in [5.74, 6) is -0.996. The SMILES string of the molecule is CC(Oc1ccccc1Cl)C(=O)N1Cc2ccccc2CC1C(=O)O. The van der Waals surface area contributed by atoms with Crippen molar-refractivity contribution in [2.75, 3.05) is 0 Å². The topological polar surface area (TPSA) is 66.8 Å². The Kier molecular flexibility index (Phi) is 4.95. The fraction of sp³-hybridized carbons (Fsp3) is 0.263. The molecule has 1 heterocycles. The van der Waals surface area contributed by atoms with E-state index in [1.54, 1.807) is 31.2 Å². The summed E-state index contributed by atoms with van der Waals surface area (Å²) in [7, 11) is 0. The van der Waals surface area contributed by atoms with E-state index in [4.69, 9.17) is 16.3 Å². The van der Waals surface area contributed by atoms with E-state index < -0.39 is 18.1 Å². The zero-order valence-electron chi connectivity index (χ0n) is 13.7. The number of nitrogens with zero attached hydrogens (tertiary/aromatic N) is 1. The van der Waals surface area contributed by atoms with Gasteiger partial charge < -0.3 is 14.7 Å². The van der Waals surface area contributed by atoms with E-state index in [1.807, 2.05) is 24.3 Å². The predicted octanol–water partition coefficient (Wildman–Crippen LogP) is 3.15. The third-order valence-corrected chi connectivity index (χ3v) is 4.62. The van der Waals surface area contributed by atoms with Gasteiger partial charge in [-0.05, 0) is 30.2 Å². The molecule has 1 amide bonds. The number of carbonyl (C=O) groups excluding carboxylic acids is 1. The molecular formula is C19H18ClNO4. The molecule has 3 rings (SSSR count). The number of halogens is 1. The maximum atomic E-state index is 12.8. The molecule has 6 heteroatoms. The summed E-state index contributed by atoms with van der Waals surface area (Å²) in [5, 5.41) is 9.95. The molecule has 1 aliphatic rings. The first-order valence-corrected chi connectivity index (χ1v) is 8.36. The molecule has 5 nitrogen and oxygen atoms in total. The third kappa shape index (κ3) is 3.61. The first kappa shape index (κ1) is 17.3. The van der Waals surface area contributed by atoms with E-state index in [0.29, 0.717) is 10.8 Å². The second kappa shape index (κ2) is 7.15. The maximum absolute atomic E-state index is 12.8. The van der Waals surface area contributed by atoms with Crippen LogP contribution in [0.3, 0.4) is 0 Å². The molecule has 2 atom stereocenters. The monoisotopic (exact) mass is 359 g/mol. The molecule has 1 N–H and O–H groups in total. The van der Waals surface area contributed by atoms with Crippen LogP contribution in [0.5, 0.6) is 5.75 Å². The minimum absolute atomic E-state index is 0.252. The Labute approximate surface area is 150 Å². The van der Waals surface area contributed by atoms with Crippen molar-refractivity contribution in [3.05, 3.63) is 64.7 Å². The van der Waals surface area contributed by atoms with Gasteiger partial charge in [-0.3, -0.25) is 4.79 Å². The quantitative estimate of drug-likeness (QED) is 0.910. The van der Waals surface area contributed by atoms with Crippen molar-refractivity contribution in [1.82, 2.24) is 4.90 Å². The molecule has 0 radical (unpaired) electrons. The largest absolute Gasteiger partial charge is 0.480 e. The lowest BCUT2D eigenvalue weighted by molar-refractivity contribution is -0.154. The van der Waals surface area contributed by atoms with Gasteiger partial charge in [0.2, 0.25) is 0 Å². The zero-order valence-corrected chi connectivity index (χ0v) is 14.4. The van der Waals surface area contributed by atoms with E-state index in [1.165, 1.54) is 4.90 Å². The number of ether oxygens (including phenoxy) is 1. The summed E-state index contributed by atoms with van der Waals surface area (Å²) in [5.41, 5.74) is 1.91. The lowest BCUT2D eigenvalue weighted by atomic mass is 9.93. The van der Waals surface area contributed by atoms with Crippen molar-refractivity contribution in [1.29, 1.82) is 0 Å². The van der Waals surface area contributed by atoms with Gasteiger partial charge in [0.25, 0.3) is 5.91 Å². The van der Waals surface area contributed by atoms with Crippen molar-refractivity contribution >= 4 is 23.5 Å². The normalized spacial score (nSPS) is 17.5. The Morgan fingerprint density at radius 3 is 2.48 bits per heavy atom. The summed E-state index contributed by atoms with van der Waals surface area (Å²) >= 11 is 6.06. The van der Waals surface area contributed by atoms with E-state index >= 15 is 0 Å². The van der Waals surface area contributed by atoms with Gasteiger partial charge in [0, 0.05) is 13.0 Å². The van der Waals surface area contributed by atoms with Crippen LogP contribution in [0.25, 0.3) is 0 Å². The van der Waals surface area contributed by atoms with E-state index in [-0.39, 0.29) is 18.9 Å². The van der Waals surface area contributed by atoms with Crippen molar-refractivity contribution < 1.29 is 19.4 Å². The van der Waals surface area contributed by atoms with E-state index in [9.17, 15) is 14.7 Å². The highest BCUT2D eigenvalue weighted by Gasteiger charge is 2.36. The van der Waals surface area contributed by atoms with Gasteiger partial charge in [-0.25, -0.2) is 4.79 Å². The minimum atomic E-state index is -1.02. The number of hydrogen-bond acceptors (Lipinski definition) is 3. The molecule has 2 unspecified atom stereocenters. The highest BCUT2D eigenvalue weighted by atomic mass is 35.5. The van der Waals surface area contributed by atoms with Gasteiger partial charge >= 0.3 is 5.97 Å². The average molecular weight is 360 g/mol. The molecule has 0 spiro atoms. The third-order valence-electron chi connectivity index (χ3n) is 4.30. The number of para-hydroxylation sites is 1. The number of amides is 1. The molecule has 0 saturated carbocycles. The van der Waals surface area contributed by atoms with Crippen LogP contribution < -0.4 is 4.74 Å². The second-order valence-electron chi connectivity index (χ2n) is 5.98. The number of carboxylic acid groups (broad SMARTS) is 1. The van der Waals surface area contributed by atoms with Crippen LogP contribution in [0.15, 0.2) is 48.5 Å². The van der Waals surface area contributed by atoms with Crippen LogP contribution in [0, 0.1) is 0 Å². The zero-order chi connectivity index (χ0) is 18.0. The van der Waals surface area contributed by atoms with Crippen molar-refractivity contribution in [3.63, 3.8) is 0 Å². The fourth-order valence-corrected chi connectivity index (χ4v) is 3.17. The highest BCUT2D eigenvalue weighted by Crippen LogP contribution is 2.27. The summed E-state index contributed by atoms with van der Waals surface area (Å²) in [6.07, 6.45) is -0.553. The minimum Gasteiger partial charge on any atom is -0.480 e. The first-order chi connectivity index (χ1) is 12.0. The number of rotatable bonds is 4. The van der Waals surface area contributed by atoms with Gasteiger partial charge in [-0.15, -0.1) is 0 Å². The summed E-state index contributed by atoms with van der Waals surface area (Å²) in [6.45, 7) is 1.85. The maximum Gasteiger partial charge on any atom is 0.326 e. The number of carbonyl (C=O) groups is 2. The summed E-state index contributed by atoms with van der Waals surface area (Å²) in [4.78, 5) is 25.9. The number of hydrogen-bond donors (Lipinski definition) is 1. The second-order valence-corrected chi connectivity index (χ2v) is 6.39. The van der Waals surface area contributed by atoms with Crippen LogP contribution in [-0.4, -0.2) is 34.0 Å². The van der Waals surface area contributed by atoms with Gasteiger partial charge in [-0.2, -0.15) is 0 Å². The van der Waals surface area contributed by atoms with Crippen LogP contribution in [-0.2, 0) is 22.6 Å². The number of carboxylic acids is 1.